The fraction of sp³-hybridized carbons (Fsp3) is 0. The van der Waals surface area contributed by atoms with Crippen LogP contribution in [-0.2, 0) is 0 Å². The van der Waals surface area contributed by atoms with Crippen molar-refractivity contribution in [3.05, 3.63) is 48.5 Å². The zero-order valence-corrected chi connectivity index (χ0v) is 8.95. The number of hydrogen-bond acceptors (Lipinski definition) is 4. The van der Waals surface area contributed by atoms with Crippen LogP contribution < -0.4 is 10.2 Å². The summed E-state index contributed by atoms with van der Waals surface area (Å²) >= 11 is 0. The van der Waals surface area contributed by atoms with E-state index < -0.39 is 7.12 Å². The van der Waals surface area contributed by atoms with E-state index >= 15 is 0 Å². The lowest BCUT2D eigenvalue weighted by Crippen LogP contribution is -2.29. The zero-order valence-electron chi connectivity index (χ0n) is 8.95. The smallest absolute Gasteiger partial charge is 0.488 e. The van der Waals surface area contributed by atoms with Crippen LogP contribution in [0.15, 0.2) is 48.5 Å². The Morgan fingerprint density at radius 1 is 0.765 bits per heavy atom. The van der Waals surface area contributed by atoms with Gasteiger partial charge in [-0.3, -0.25) is 0 Å². The summed E-state index contributed by atoms with van der Waals surface area (Å²) < 4.78 is 5.49. The summed E-state index contributed by atoms with van der Waals surface area (Å²) in [5.41, 5.74) is 0.406. The van der Waals surface area contributed by atoms with E-state index in [0.29, 0.717) is 17.0 Å². The normalized spacial score (nSPS) is 10.0. The molecular weight excluding hydrogens is 219 g/mol. The third kappa shape index (κ3) is 2.99. The molecule has 0 heterocycles. The quantitative estimate of drug-likeness (QED) is 0.684. The van der Waals surface area contributed by atoms with E-state index in [1.165, 1.54) is 12.1 Å². The minimum absolute atomic E-state index is 0.177. The molecule has 0 aliphatic rings. The van der Waals surface area contributed by atoms with Gasteiger partial charge in [0.1, 0.15) is 17.2 Å². The van der Waals surface area contributed by atoms with Gasteiger partial charge in [-0.15, -0.1) is 0 Å². The van der Waals surface area contributed by atoms with Gasteiger partial charge < -0.3 is 19.9 Å². The topological polar surface area (TPSA) is 69.9 Å². The molecule has 5 heteroatoms. The van der Waals surface area contributed by atoms with Crippen molar-refractivity contribution in [2.45, 2.75) is 0 Å². The standard InChI is InChI=1S/C12H11BO4/c14-10-3-7-12(8-4-10)17-11-5-1-9(2-6-11)13(15)16/h1-8,14-16H. The third-order valence-electron chi connectivity index (χ3n) is 2.25. The highest BCUT2D eigenvalue weighted by Gasteiger charge is 2.09. The van der Waals surface area contributed by atoms with E-state index in [1.807, 2.05) is 0 Å². The molecule has 0 spiro atoms. The van der Waals surface area contributed by atoms with Crippen molar-refractivity contribution in [2.24, 2.45) is 0 Å². The highest BCUT2D eigenvalue weighted by molar-refractivity contribution is 6.58. The van der Waals surface area contributed by atoms with Crippen molar-refractivity contribution in [3.8, 4) is 17.2 Å². The number of hydrogen-bond donors (Lipinski definition) is 3. The Labute approximate surface area is 98.9 Å². The van der Waals surface area contributed by atoms with Crippen LogP contribution in [0.1, 0.15) is 0 Å². The van der Waals surface area contributed by atoms with Crippen molar-refractivity contribution < 1.29 is 19.9 Å². The molecule has 17 heavy (non-hydrogen) atoms. The number of benzene rings is 2. The van der Waals surface area contributed by atoms with Crippen LogP contribution in [0.2, 0.25) is 0 Å². The molecule has 0 aliphatic carbocycles. The van der Waals surface area contributed by atoms with Gasteiger partial charge in [-0.2, -0.15) is 0 Å². The first kappa shape index (κ1) is 11.5. The molecular formula is C12H11BO4. The number of rotatable bonds is 3. The van der Waals surface area contributed by atoms with Gasteiger partial charge in [-0.1, -0.05) is 12.1 Å². The second-order valence-corrected chi connectivity index (χ2v) is 3.54. The molecule has 3 N–H and O–H groups in total. The second kappa shape index (κ2) is 4.90. The first-order chi connectivity index (χ1) is 8.15. The average molecular weight is 230 g/mol. The molecule has 2 aromatic carbocycles. The zero-order chi connectivity index (χ0) is 12.3. The maximum Gasteiger partial charge on any atom is 0.488 e. The molecule has 2 rings (SSSR count). The van der Waals surface area contributed by atoms with Crippen LogP contribution in [0.25, 0.3) is 0 Å². The lowest BCUT2D eigenvalue weighted by atomic mass is 9.80. The summed E-state index contributed by atoms with van der Waals surface area (Å²) in [7, 11) is -1.47. The van der Waals surface area contributed by atoms with Crippen molar-refractivity contribution >= 4 is 12.6 Å². The molecule has 0 aromatic heterocycles. The molecule has 0 amide bonds. The van der Waals surface area contributed by atoms with Crippen molar-refractivity contribution in [1.82, 2.24) is 0 Å². The molecule has 0 atom stereocenters. The molecule has 86 valence electrons. The summed E-state index contributed by atoms with van der Waals surface area (Å²) in [5, 5.41) is 27.0. The van der Waals surface area contributed by atoms with Gasteiger partial charge in [0, 0.05) is 0 Å². The van der Waals surface area contributed by atoms with Gasteiger partial charge in [0.2, 0.25) is 0 Å². The Balaban J connectivity index is 2.11. The van der Waals surface area contributed by atoms with E-state index in [0.717, 1.165) is 0 Å². The fourth-order valence-corrected chi connectivity index (χ4v) is 1.36. The largest absolute Gasteiger partial charge is 0.508 e. The SMILES string of the molecule is OB(O)c1ccc(Oc2ccc(O)cc2)cc1. The number of phenols is 1. The molecule has 0 saturated carbocycles. The lowest BCUT2D eigenvalue weighted by molar-refractivity contribution is 0.425. The Morgan fingerprint density at radius 2 is 1.24 bits per heavy atom. The second-order valence-electron chi connectivity index (χ2n) is 3.54. The predicted molar refractivity (Wildman–Crippen MR) is 64.4 cm³/mol. The van der Waals surface area contributed by atoms with Gasteiger partial charge in [-0.25, -0.2) is 0 Å². The van der Waals surface area contributed by atoms with Crippen LogP contribution in [0.3, 0.4) is 0 Å². The highest BCUT2D eigenvalue weighted by Crippen LogP contribution is 2.22. The van der Waals surface area contributed by atoms with Crippen LogP contribution >= 0.6 is 0 Å². The average Bonchev–Trinajstić information content (AvgIpc) is 2.33. The monoisotopic (exact) mass is 230 g/mol. The van der Waals surface area contributed by atoms with Crippen LogP contribution in [-0.4, -0.2) is 22.3 Å². The van der Waals surface area contributed by atoms with Crippen LogP contribution in [0.5, 0.6) is 17.2 Å². The maximum atomic E-state index is 9.11. The Hall–Kier alpha value is -1.98. The maximum absolute atomic E-state index is 9.11. The summed E-state index contributed by atoms with van der Waals surface area (Å²) in [5.74, 6) is 1.36. The summed E-state index contributed by atoms with van der Waals surface area (Å²) in [6.45, 7) is 0. The molecule has 2 aromatic rings. The van der Waals surface area contributed by atoms with E-state index in [2.05, 4.69) is 0 Å². The summed E-state index contributed by atoms with van der Waals surface area (Å²) in [6.07, 6.45) is 0. The van der Waals surface area contributed by atoms with E-state index in [1.54, 1.807) is 36.4 Å². The lowest BCUT2D eigenvalue weighted by Gasteiger charge is -2.06. The molecule has 0 saturated heterocycles. The molecule has 0 bridgehead atoms. The van der Waals surface area contributed by atoms with E-state index in [4.69, 9.17) is 19.9 Å². The Kier molecular flexibility index (Phi) is 3.32. The van der Waals surface area contributed by atoms with Gasteiger partial charge in [0.05, 0.1) is 0 Å². The molecule has 0 unspecified atom stereocenters. The molecule has 0 aliphatic heterocycles. The van der Waals surface area contributed by atoms with Crippen molar-refractivity contribution in [3.63, 3.8) is 0 Å². The predicted octanol–water partition coefficient (Wildman–Crippen LogP) is 0.864. The fourth-order valence-electron chi connectivity index (χ4n) is 1.36. The van der Waals surface area contributed by atoms with Crippen molar-refractivity contribution in [1.29, 1.82) is 0 Å². The Bertz CT molecular complexity index is 479. The van der Waals surface area contributed by atoms with Crippen molar-refractivity contribution in [2.75, 3.05) is 0 Å². The number of ether oxygens (including phenoxy) is 1. The summed E-state index contributed by atoms with van der Waals surface area (Å²) in [4.78, 5) is 0. The number of phenolic OH excluding ortho intramolecular Hbond substituents is 1. The van der Waals surface area contributed by atoms with Crippen LogP contribution in [0, 0.1) is 0 Å². The molecule has 0 radical (unpaired) electrons. The van der Waals surface area contributed by atoms with Gasteiger partial charge >= 0.3 is 7.12 Å². The minimum atomic E-state index is -1.47. The number of aromatic hydroxyl groups is 1. The van der Waals surface area contributed by atoms with E-state index in [-0.39, 0.29) is 5.75 Å². The van der Waals surface area contributed by atoms with Gasteiger partial charge in [0.15, 0.2) is 0 Å². The first-order valence-corrected chi connectivity index (χ1v) is 5.08. The third-order valence-corrected chi connectivity index (χ3v) is 2.25. The van der Waals surface area contributed by atoms with E-state index in [9.17, 15) is 0 Å². The van der Waals surface area contributed by atoms with Gasteiger partial charge in [-0.05, 0) is 41.9 Å². The van der Waals surface area contributed by atoms with Crippen LogP contribution in [0.4, 0.5) is 0 Å². The van der Waals surface area contributed by atoms with Gasteiger partial charge in [0.25, 0.3) is 0 Å². The highest BCUT2D eigenvalue weighted by atomic mass is 16.5. The first-order valence-electron chi connectivity index (χ1n) is 5.08. The molecule has 0 fully saturated rings. The summed E-state index contributed by atoms with van der Waals surface area (Å²) in [6, 6.07) is 12.8. The molecule has 4 nitrogen and oxygen atoms in total. The Morgan fingerprint density at radius 3 is 1.71 bits per heavy atom. The minimum Gasteiger partial charge on any atom is -0.508 e.